The molecule has 0 aromatic rings. The molecule has 0 heterocycles. The molecular weight excluding hydrogens is 108 g/mol. The molecule has 4 heteroatoms. The van der Waals surface area contributed by atoms with Crippen LogP contribution in [0.2, 0.25) is 0 Å². The highest BCUT2D eigenvalue weighted by Gasteiger charge is 1.43. The minimum Gasteiger partial charge on any atom is -0.400 e. The summed E-state index contributed by atoms with van der Waals surface area (Å²) in [4.78, 5) is 9.06. The van der Waals surface area contributed by atoms with E-state index >= 15 is 0 Å². The standard InChI is InChI=1S/C2H5NO.CH5N.CH4O/c1-3-2-4;2*1-2/h2H,1H3,(H,3,4);2H2,1H3;2H,1H3. The van der Waals surface area contributed by atoms with Gasteiger partial charge in [-0.25, -0.2) is 0 Å². The van der Waals surface area contributed by atoms with Gasteiger partial charge in [-0.3, -0.25) is 4.79 Å². The summed E-state index contributed by atoms with van der Waals surface area (Å²) in [7, 11) is 4.06. The van der Waals surface area contributed by atoms with E-state index in [0.717, 1.165) is 7.11 Å². The van der Waals surface area contributed by atoms with Crippen LogP contribution in [-0.2, 0) is 4.79 Å². The lowest BCUT2D eigenvalue weighted by Gasteiger charge is -1.64. The van der Waals surface area contributed by atoms with E-state index in [0.29, 0.717) is 6.41 Å². The Bertz CT molecular complexity index is 26.0. The van der Waals surface area contributed by atoms with Crippen molar-refractivity contribution in [3.8, 4) is 0 Å². The topological polar surface area (TPSA) is 75.3 Å². The molecule has 4 nitrogen and oxygen atoms in total. The van der Waals surface area contributed by atoms with Crippen LogP contribution in [0.15, 0.2) is 0 Å². The predicted octanol–water partition coefficient (Wildman–Crippen LogP) is -1.45. The van der Waals surface area contributed by atoms with Crippen molar-refractivity contribution in [1.29, 1.82) is 0 Å². The van der Waals surface area contributed by atoms with Crippen LogP contribution < -0.4 is 11.1 Å². The maximum Gasteiger partial charge on any atom is 0.206 e. The van der Waals surface area contributed by atoms with Gasteiger partial charge in [0.15, 0.2) is 0 Å². The summed E-state index contributed by atoms with van der Waals surface area (Å²) in [5.74, 6) is 0. The highest BCUT2D eigenvalue weighted by atomic mass is 16.2. The van der Waals surface area contributed by atoms with Crippen molar-refractivity contribution >= 4 is 6.41 Å². The number of carbonyl (C=O) groups excluding carboxylic acids is 1. The van der Waals surface area contributed by atoms with Crippen molar-refractivity contribution in [2.24, 2.45) is 5.73 Å². The van der Waals surface area contributed by atoms with Crippen molar-refractivity contribution in [2.75, 3.05) is 21.2 Å². The monoisotopic (exact) mass is 122 g/mol. The molecule has 0 rings (SSSR count). The van der Waals surface area contributed by atoms with Crippen LogP contribution in [0.25, 0.3) is 0 Å². The van der Waals surface area contributed by atoms with Gasteiger partial charge >= 0.3 is 0 Å². The summed E-state index contributed by atoms with van der Waals surface area (Å²) in [6, 6.07) is 0. The van der Waals surface area contributed by atoms with E-state index in [1.54, 1.807) is 7.05 Å². The lowest BCUT2D eigenvalue weighted by molar-refractivity contribution is -0.109. The van der Waals surface area contributed by atoms with Crippen LogP contribution in [0.3, 0.4) is 0 Å². The second kappa shape index (κ2) is 96.1. The number of aliphatic hydroxyl groups excluding tert-OH is 1. The molecule has 0 saturated heterocycles. The van der Waals surface area contributed by atoms with Crippen LogP contribution >= 0.6 is 0 Å². The van der Waals surface area contributed by atoms with Crippen molar-refractivity contribution in [2.45, 2.75) is 0 Å². The fourth-order valence-electron chi connectivity index (χ4n) is 0. The molecule has 0 aliphatic heterocycles. The molecule has 0 spiro atoms. The second-order valence-electron chi connectivity index (χ2n) is 0.407. The zero-order valence-corrected chi connectivity index (χ0v) is 5.51. The van der Waals surface area contributed by atoms with E-state index in [2.05, 4.69) is 11.1 Å². The number of hydrogen-bond donors (Lipinski definition) is 3. The lowest BCUT2D eigenvalue weighted by atomic mass is 11.2. The number of rotatable bonds is 1. The average Bonchev–Trinajstić information content (AvgIpc) is 1.96. The Morgan fingerprint density at radius 3 is 1.62 bits per heavy atom. The van der Waals surface area contributed by atoms with E-state index in [9.17, 15) is 0 Å². The summed E-state index contributed by atoms with van der Waals surface area (Å²) in [5, 5.41) is 9.25. The number of amides is 1. The molecular formula is C4H14N2O2. The molecule has 8 heavy (non-hydrogen) atoms. The Labute approximate surface area is 49.7 Å². The summed E-state index contributed by atoms with van der Waals surface area (Å²) >= 11 is 0. The first-order valence-electron chi connectivity index (χ1n) is 2.05. The van der Waals surface area contributed by atoms with Gasteiger partial charge in [-0.2, -0.15) is 0 Å². The Hall–Kier alpha value is -0.610. The molecule has 1 amide bonds. The molecule has 0 atom stereocenters. The number of nitrogens with two attached hydrogens (primary N) is 1. The van der Waals surface area contributed by atoms with Gasteiger partial charge in [-0.05, 0) is 7.05 Å². The van der Waals surface area contributed by atoms with Gasteiger partial charge in [-0.15, -0.1) is 0 Å². The predicted molar refractivity (Wildman–Crippen MR) is 33.4 cm³/mol. The molecule has 0 aliphatic carbocycles. The highest BCUT2D eigenvalue weighted by Crippen LogP contribution is 1.09. The first kappa shape index (κ1) is 15.7. The largest absolute Gasteiger partial charge is 0.400 e. The third-order valence-electron chi connectivity index (χ3n) is 0.118. The third kappa shape index (κ3) is 683. The molecule has 0 bridgehead atoms. The lowest BCUT2D eigenvalue weighted by Crippen LogP contribution is -1.98. The average molecular weight is 122 g/mol. The summed E-state index contributed by atoms with van der Waals surface area (Å²) in [5.41, 5.74) is 4.50. The summed E-state index contributed by atoms with van der Waals surface area (Å²) in [6.07, 6.45) is 0.625. The number of hydrogen-bond acceptors (Lipinski definition) is 3. The SMILES string of the molecule is CN.CNC=O.CO. The maximum atomic E-state index is 9.06. The van der Waals surface area contributed by atoms with E-state index in [1.165, 1.54) is 7.05 Å². The molecule has 0 radical (unpaired) electrons. The van der Waals surface area contributed by atoms with Crippen molar-refractivity contribution in [3.63, 3.8) is 0 Å². The Morgan fingerprint density at radius 2 is 1.62 bits per heavy atom. The number of aliphatic hydroxyl groups is 1. The first-order valence-corrected chi connectivity index (χ1v) is 2.05. The van der Waals surface area contributed by atoms with Crippen LogP contribution in [-0.4, -0.2) is 32.7 Å². The maximum absolute atomic E-state index is 9.06. The number of carbonyl (C=O) groups is 1. The zero-order valence-electron chi connectivity index (χ0n) is 5.51. The molecule has 0 fully saturated rings. The van der Waals surface area contributed by atoms with Gasteiger partial charge < -0.3 is 16.2 Å². The summed E-state index contributed by atoms with van der Waals surface area (Å²) in [6.45, 7) is 0. The van der Waals surface area contributed by atoms with Gasteiger partial charge in [0, 0.05) is 14.2 Å². The molecule has 52 valence electrons. The van der Waals surface area contributed by atoms with Crippen LogP contribution in [0.1, 0.15) is 0 Å². The summed E-state index contributed by atoms with van der Waals surface area (Å²) < 4.78 is 0. The quantitative estimate of drug-likeness (QED) is 0.372. The van der Waals surface area contributed by atoms with Crippen LogP contribution in [0.5, 0.6) is 0 Å². The molecule has 0 aromatic heterocycles. The normalized spacial score (nSPS) is 4.12. The van der Waals surface area contributed by atoms with Gasteiger partial charge in [0.25, 0.3) is 0 Å². The van der Waals surface area contributed by atoms with Gasteiger partial charge in [0.2, 0.25) is 6.41 Å². The highest BCUT2D eigenvalue weighted by molar-refractivity contribution is 5.44. The minimum atomic E-state index is 0.625. The Morgan fingerprint density at radius 1 is 1.50 bits per heavy atom. The van der Waals surface area contributed by atoms with Crippen molar-refractivity contribution in [3.05, 3.63) is 0 Å². The minimum absolute atomic E-state index is 0.625. The van der Waals surface area contributed by atoms with Gasteiger partial charge in [0.05, 0.1) is 0 Å². The van der Waals surface area contributed by atoms with Gasteiger partial charge in [-0.1, -0.05) is 0 Å². The molecule has 0 aliphatic rings. The fourth-order valence-corrected chi connectivity index (χ4v) is 0. The van der Waals surface area contributed by atoms with Crippen molar-refractivity contribution < 1.29 is 9.90 Å². The smallest absolute Gasteiger partial charge is 0.206 e. The van der Waals surface area contributed by atoms with E-state index < -0.39 is 0 Å². The van der Waals surface area contributed by atoms with E-state index in [1.807, 2.05) is 0 Å². The fraction of sp³-hybridized carbons (Fsp3) is 0.750. The molecule has 0 saturated carbocycles. The Balaban J connectivity index is -0.0000000542. The zero-order chi connectivity index (χ0) is 7.41. The first-order chi connectivity index (χ1) is 3.91. The van der Waals surface area contributed by atoms with E-state index in [-0.39, 0.29) is 0 Å². The van der Waals surface area contributed by atoms with Crippen LogP contribution in [0.4, 0.5) is 0 Å². The van der Waals surface area contributed by atoms with Crippen molar-refractivity contribution in [1.82, 2.24) is 5.32 Å². The van der Waals surface area contributed by atoms with E-state index in [4.69, 9.17) is 9.90 Å². The number of nitrogens with one attached hydrogen (secondary N) is 1. The molecule has 4 N–H and O–H groups in total. The Kier molecular flexibility index (Phi) is 188. The molecule has 0 unspecified atom stereocenters. The molecule has 0 aromatic carbocycles. The third-order valence-corrected chi connectivity index (χ3v) is 0.118. The van der Waals surface area contributed by atoms with Crippen LogP contribution in [0, 0.1) is 0 Å². The second-order valence-corrected chi connectivity index (χ2v) is 0.407. The van der Waals surface area contributed by atoms with Gasteiger partial charge in [0.1, 0.15) is 0 Å².